The fourth-order valence-corrected chi connectivity index (χ4v) is 0.579. The standard InChI is InChI=1S/C6H13FN2O/c7-3-5-9-4-1-2-6(8)10/h9H,1-5H2,(H2,8,10). The Balaban J connectivity index is 2.84. The summed E-state index contributed by atoms with van der Waals surface area (Å²) in [4.78, 5) is 10.2. The van der Waals surface area contributed by atoms with Gasteiger partial charge in [0, 0.05) is 13.0 Å². The molecule has 10 heavy (non-hydrogen) atoms. The summed E-state index contributed by atoms with van der Waals surface area (Å²) in [6.07, 6.45) is 1.06. The van der Waals surface area contributed by atoms with E-state index in [9.17, 15) is 9.18 Å². The van der Waals surface area contributed by atoms with Gasteiger partial charge in [0.25, 0.3) is 0 Å². The van der Waals surface area contributed by atoms with Crippen molar-refractivity contribution in [2.45, 2.75) is 12.8 Å². The molecular formula is C6H13FN2O. The first-order valence-corrected chi connectivity index (χ1v) is 3.32. The molecule has 0 bridgehead atoms. The summed E-state index contributed by atoms with van der Waals surface area (Å²) in [7, 11) is 0. The van der Waals surface area contributed by atoms with Crippen LogP contribution in [0.3, 0.4) is 0 Å². The molecule has 60 valence electrons. The van der Waals surface area contributed by atoms with Gasteiger partial charge in [-0.05, 0) is 13.0 Å². The molecule has 3 N–H and O–H groups in total. The van der Waals surface area contributed by atoms with Gasteiger partial charge < -0.3 is 11.1 Å². The van der Waals surface area contributed by atoms with Crippen LogP contribution in [0.2, 0.25) is 0 Å². The highest BCUT2D eigenvalue weighted by atomic mass is 19.1. The molecule has 0 saturated heterocycles. The van der Waals surface area contributed by atoms with Gasteiger partial charge in [-0.25, -0.2) is 4.39 Å². The Morgan fingerprint density at radius 2 is 2.20 bits per heavy atom. The Morgan fingerprint density at radius 3 is 2.70 bits per heavy atom. The highest BCUT2D eigenvalue weighted by Gasteiger charge is 1.92. The molecule has 0 aliphatic carbocycles. The Kier molecular flexibility index (Phi) is 6.06. The van der Waals surface area contributed by atoms with Gasteiger partial charge in [-0.1, -0.05) is 0 Å². The van der Waals surface area contributed by atoms with Crippen molar-refractivity contribution >= 4 is 5.91 Å². The van der Waals surface area contributed by atoms with Crippen LogP contribution in [0.5, 0.6) is 0 Å². The van der Waals surface area contributed by atoms with Crippen molar-refractivity contribution in [2.75, 3.05) is 19.8 Å². The van der Waals surface area contributed by atoms with Gasteiger partial charge in [0.1, 0.15) is 6.67 Å². The lowest BCUT2D eigenvalue weighted by atomic mass is 10.3. The zero-order valence-corrected chi connectivity index (χ0v) is 5.90. The molecule has 0 aliphatic heterocycles. The van der Waals surface area contributed by atoms with Gasteiger partial charge in [0.15, 0.2) is 0 Å². The topological polar surface area (TPSA) is 55.1 Å². The molecule has 0 unspecified atom stereocenters. The Bertz CT molecular complexity index is 97.7. The first kappa shape index (κ1) is 9.36. The van der Waals surface area contributed by atoms with Gasteiger partial charge in [-0.2, -0.15) is 0 Å². The number of nitrogens with two attached hydrogens (primary N) is 1. The highest BCUT2D eigenvalue weighted by Crippen LogP contribution is 1.83. The van der Waals surface area contributed by atoms with Crippen LogP contribution in [0.15, 0.2) is 0 Å². The largest absolute Gasteiger partial charge is 0.370 e. The van der Waals surface area contributed by atoms with E-state index >= 15 is 0 Å². The van der Waals surface area contributed by atoms with Crippen LogP contribution >= 0.6 is 0 Å². The zero-order chi connectivity index (χ0) is 7.82. The number of alkyl halides is 1. The van der Waals surface area contributed by atoms with E-state index in [1.807, 2.05) is 0 Å². The lowest BCUT2D eigenvalue weighted by Gasteiger charge is -1.98. The van der Waals surface area contributed by atoms with E-state index in [-0.39, 0.29) is 12.6 Å². The summed E-state index contributed by atoms with van der Waals surface area (Å²) in [5.74, 6) is -0.304. The molecule has 0 atom stereocenters. The van der Waals surface area contributed by atoms with Crippen molar-refractivity contribution in [2.24, 2.45) is 5.73 Å². The number of primary amides is 1. The second-order valence-corrected chi connectivity index (χ2v) is 2.01. The maximum atomic E-state index is 11.4. The van der Waals surface area contributed by atoms with Gasteiger partial charge in [-0.3, -0.25) is 4.79 Å². The summed E-state index contributed by atoms with van der Waals surface area (Å²) >= 11 is 0. The molecule has 1 amide bonds. The van der Waals surface area contributed by atoms with Crippen LogP contribution in [0.4, 0.5) is 4.39 Å². The van der Waals surface area contributed by atoms with Crippen LogP contribution in [-0.4, -0.2) is 25.7 Å². The van der Waals surface area contributed by atoms with Gasteiger partial charge in [-0.15, -0.1) is 0 Å². The molecule has 0 spiro atoms. The molecule has 0 aromatic heterocycles. The number of nitrogens with one attached hydrogen (secondary N) is 1. The third kappa shape index (κ3) is 7.36. The SMILES string of the molecule is NC(=O)CCCNCCF. The molecule has 0 radical (unpaired) electrons. The third-order valence-electron chi connectivity index (χ3n) is 1.05. The first-order chi connectivity index (χ1) is 4.77. The van der Waals surface area contributed by atoms with Crippen LogP contribution in [0, 0.1) is 0 Å². The van der Waals surface area contributed by atoms with E-state index < -0.39 is 0 Å². The molecule has 4 heteroatoms. The van der Waals surface area contributed by atoms with Crippen molar-refractivity contribution in [1.82, 2.24) is 5.32 Å². The summed E-state index contributed by atoms with van der Waals surface area (Å²) in [5.41, 5.74) is 4.87. The van der Waals surface area contributed by atoms with E-state index in [4.69, 9.17) is 5.73 Å². The Morgan fingerprint density at radius 1 is 1.50 bits per heavy atom. The summed E-state index contributed by atoms with van der Waals surface area (Å²) in [5, 5.41) is 2.81. The fraction of sp³-hybridized carbons (Fsp3) is 0.833. The summed E-state index contributed by atoms with van der Waals surface area (Å²) < 4.78 is 11.4. The van der Waals surface area contributed by atoms with E-state index in [0.29, 0.717) is 25.9 Å². The van der Waals surface area contributed by atoms with E-state index in [1.165, 1.54) is 0 Å². The average Bonchev–Trinajstić information content (AvgIpc) is 1.87. The predicted octanol–water partition coefficient (Wildman–Crippen LogP) is -0.189. The molecule has 0 aromatic carbocycles. The monoisotopic (exact) mass is 148 g/mol. The minimum atomic E-state index is -0.365. The zero-order valence-electron chi connectivity index (χ0n) is 5.90. The molecule has 0 saturated carbocycles. The molecule has 0 rings (SSSR count). The van der Waals surface area contributed by atoms with Gasteiger partial charge in [0.2, 0.25) is 5.91 Å². The maximum absolute atomic E-state index is 11.4. The Hall–Kier alpha value is -0.640. The lowest BCUT2D eigenvalue weighted by molar-refractivity contribution is -0.118. The van der Waals surface area contributed by atoms with Crippen molar-refractivity contribution in [3.8, 4) is 0 Å². The van der Waals surface area contributed by atoms with E-state index in [2.05, 4.69) is 5.32 Å². The minimum absolute atomic E-state index is 0.304. The number of rotatable bonds is 6. The number of carbonyl (C=O) groups is 1. The van der Waals surface area contributed by atoms with Crippen molar-refractivity contribution in [3.05, 3.63) is 0 Å². The van der Waals surface area contributed by atoms with Gasteiger partial charge >= 0.3 is 0 Å². The summed E-state index contributed by atoms with van der Waals surface area (Å²) in [6.45, 7) is 0.655. The van der Waals surface area contributed by atoms with Crippen LogP contribution < -0.4 is 11.1 Å². The first-order valence-electron chi connectivity index (χ1n) is 3.32. The number of halogens is 1. The Labute approximate surface area is 59.8 Å². The molecule has 0 fully saturated rings. The van der Waals surface area contributed by atoms with Crippen LogP contribution in [0.1, 0.15) is 12.8 Å². The number of hydrogen-bond donors (Lipinski definition) is 2. The summed E-state index contributed by atoms with van der Waals surface area (Å²) in [6, 6.07) is 0. The highest BCUT2D eigenvalue weighted by molar-refractivity contribution is 5.73. The van der Waals surface area contributed by atoms with Crippen LogP contribution in [0.25, 0.3) is 0 Å². The molecule has 0 aromatic rings. The van der Waals surface area contributed by atoms with E-state index in [1.54, 1.807) is 0 Å². The maximum Gasteiger partial charge on any atom is 0.217 e. The number of carbonyl (C=O) groups excluding carboxylic acids is 1. The smallest absolute Gasteiger partial charge is 0.217 e. The van der Waals surface area contributed by atoms with Crippen molar-refractivity contribution in [3.63, 3.8) is 0 Å². The lowest BCUT2D eigenvalue weighted by Crippen LogP contribution is -2.20. The van der Waals surface area contributed by atoms with E-state index in [0.717, 1.165) is 0 Å². The van der Waals surface area contributed by atoms with Crippen LogP contribution in [-0.2, 0) is 4.79 Å². The number of hydrogen-bond acceptors (Lipinski definition) is 2. The third-order valence-corrected chi connectivity index (χ3v) is 1.05. The normalized spacial score (nSPS) is 9.70. The second kappa shape index (κ2) is 6.48. The molecular weight excluding hydrogens is 135 g/mol. The minimum Gasteiger partial charge on any atom is -0.370 e. The average molecular weight is 148 g/mol. The molecule has 0 aliphatic rings. The fourth-order valence-electron chi connectivity index (χ4n) is 0.579. The quantitative estimate of drug-likeness (QED) is 0.513. The predicted molar refractivity (Wildman–Crippen MR) is 37.3 cm³/mol. The second-order valence-electron chi connectivity index (χ2n) is 2.01. The number of amides is 1. The van der Waals surface area contributed by atoms with Crippen molar-refractivity contribution in [1.29, 1.82) is 0 Å². The molecule has 0 heterocycles. The van der Waals surface area contributed by atoms with Gasteiger partial charge in [0.05, 0.1) is 0 Å². The molecule has 3 nitrogen and oxygen atoms in total. The van der Waals surface area contributed by atoms with Crippen molar-refractivity contribution < 1.29 is 9.18 Å².